The van der Waals surface area contributed by atoms with Gasteiger partial charge >= 0.3 is 0 Å². The maximum atomic E-state index is 8.99. The fourth-order valence-electron chi connectivity index (χ4n) is 1.69. The number of thioether (sulfide) groups is 1. The minimum absolute atomic E-state index is 0.307. The van der Waals surface area contributed by atoms with Crippen molar-refractivity contribution in [1.29, 1.82) is 0 Å². The van der Waals surface area contributed by atoms with Crippen LogP contribution in [0.25, 0.3) is 0 Å². The van der Waals surface area contributed by atoms with Gasteiger partial charge in [0.1, 0.15) is 0 Å². The average Bonchev–Trinajstić information content (AvgIpc) is 2.27. The highest BCUT2D eigenvalue weighted by Gasteiger charge is 2.18. The summed E-state index contributed by atoms with van der Waals surface area (Å²) in [5.74, 6) is 1.49. The summed E-state index contributed by atoms with van der Waals surface area (Å²) in [7, 11) is 2.05. The van der Waals surface area contributed by atoms with Crippen molar-refractivity contribution in [1.82, 2.24) is 5.32 Å². The topological polar surface area (TPSA) is 32.3 Å². The molecule has 0 saturated heterocycles. The third-order valence-corrected chi connectivity index (χ3v) is 4.58. The van der Waals surface area contributed by atoms with Crippen LogP contribution in [0.3, 0.4) is 0 Å². The van der Waals surface area contributed by atoms with E-state index < -0.39 is 0 Å². The van der Waals surface area contributed by atoms with Gasteiger partial charge in [0.25, 0.3) is 0 Å². The van der Waals surface area contributed by atoms with E-state index in [1.165, 1.54) is 19.3 Å². The summed E-state index contributed by atoms with van der Waals surface area (Å²) in [5.41, 5.74) is 0. The Bertz CT molecular complexity index is 144. The minimum atomic E-state index is 0.307. The molecule has 0 aromatic rings. The van der Waals surface area contributed by atoms with Crippen LogP contribution in [0.15, 0.2) is 0 Å². The molecule has 0 radical (unpaired) electrons. The van der Waals surface area contributed by atoms with Crippen LogP contribution in [0.4, 0.5) is 0 Å². The molecule has 3 heteroatoms. The standard InChI is InChI=1S/C12H27NOS/c1-5-7-11(13-4)12(6-2)15-9-10(3)8-14/h10-14H,5-9H2,1-4H3. The van der Waals surface area contributed by atoms with Crippen molar-refractivity contribution in [3.05, 3.63) is 0 Å². The zero-order valence-electron chi connectivity index (χ0n) is 10.6. The van der Waals surface area contributed by atoms with E-state index in [0.29, 0.717) is 23.8 Å². The third kappa shape index (κ3) is 6.44. The Labute approximate surface area is 99.2 Å². The second kappa shape index (κ2) is 9.49. The van der Waals surface area contributed by atoms with Gasteiger partial charge in [-0.15, -0.1) is 0 Å². The lowest BCUT2D eigenvalue weighted by Gasteiger charge is -2.26. The quantitative estimate of drug-likeness (QED) is 0.642. The number of hydrogen-bond acceptors (Lipinski definition) is 3. The Morgan fingerprint density at radius 1 is 1.33 bits per heavy atom. The maximum absolute atomic E-state index is 8.99. The second-order valence-electron chi connectivity index (χ2n) is 4.25. The SMILES string of the molecule is CCCC(NC)C(CC)SCC(C)CO. The number of rotatable bonds is 9. The van der Waals surface area contributed by atoms with Gasteiger partial charge in [0.2, 0.25) is 0 Å². The summed E-state index contributed by atoms with van der Waals surface area (Å²) in [6.45, 7) is 6.90. The summed E-state index contributed by atoms with van der Waals surface area (Å²) in [6, 6.07) is 0.621. The van der Waals surface area contributed by atoms with Crippen LogP contribution in [0.1, 0.15) is 40.0 Å². The molecule has 3 unspecified atom stereocenters. The van der Waals surface area contributed by atoms with Gasteiger partial charge in [0, 0.05) is 17.9 Å². The first-order valence-corrected chi connectivity index (χ1v) is 7.14. The van der Waals surface area contributed by atoms with Crippen LogP contribution in [0, 0.1) is 5.92 Å². The molecule has 0 aliphatic heterocycles. The molecule has 15 heavy (non-hydrogen) atoms. The van der Waals surface area contributed by atoms with Crippen molar-refractivity contribution in [2.45, 2.75) is 51.3 Å². The lowest BCUT2D eigenvalue weighted by Crippen LogP contribution is -2.35. The fraction of sp³-hybridized carbons (Fsp3) is 1.00. The summed E-state index contributed by atoms with van der Waals surface area (Å²) in [6.07, 6.45) is 3.68. The van der Waals surface area contributed by atoms with E-state index in [1.54, 1.807) is 0 Å². The lowest BCUT2D eigenvalue weighted by molar-refractivity contribution is 0.250. The monoisotopic (exact) mass is 233 g/mol. The van der Waals surface area contributed by atoms with E-state index in [0.717, 1.165) is 5.75 Å². The van der Waals surface area contributed by atoms with Crippen LogP contribution >= 0.6 is 11.8 Å². The van der Waals surface area contributed by atoms with Crippen molar-refractivity contribution < 1.29 is 5.11 Å². The number of hydrogen-bond donors (Lipinski definition) is 2. The Kier molecular flexibility index (Phi) is 9.66. The molecule has 0 fully saturated rings. The van der Waals surface area contributed by atoms with Crippen LogP contribution in [0.2, 0.25) is 0 Å². The Morgan fingerprint density at radius 3 is 2.40 bits per heavy atom. The normalized spacial score (nSPS) is 17.4. The van der Waals surface area contributed by atoms with Crippen LogP contribution in [0.5, 0.6) is 0 Å². The van der Waals surface area contributed by atoms with E-state index in [9.17, 15) is 0 Å². The minimum Gasteiger partial charge on any atom is -0.396 e. The molecule has 0 aromatic heterocycles. The molecule has 92 valence electrons. The molecule has 0 amide bonds. The fourth-order valence-corrected chi connectivity index (χ4v) is 3.11. The van der Waals surface area contributed by atoms with Crippen molar-refractivity contribution in [2.24, 2.45) is 5.92 Å². The van der Waals surface area contributed by atoms with Crippen LogP contribution in [-0.2, 0) is 0 Å². The van der Waals surface area contributed by atoms with E-state index in [2.05, 4.69) is 33.1 Å². The molecule has 0 spiro atoms. The molecular formula is C12H27NOS. The summed E-state index contributed by atoms with van der Waals surface area (Å²) < 4.78 is 0. The molecule has 3 atom stereocenters. The molecule has 0 heterocycles. The van der Waals surface area contributed by atoms with Gasteiger partial charge in [-0.25, -0.2) is 0 Å². The smallest absolute Gasteiger partial charge is 0.0464 e. The van der Waals surface area contributed by atoms with Gasteiger partial charge in [0.15, 0.2) is 0 Å². The lowest BCUT2D eigenvalue weighted by atomic mass is 10.1. The van der Waals surface area contributed by atoms with Crippen molar-refractivity contribution in [3.63, 3.8) is 0 Å². The predicted molar refractivity (Wildman–Crippen MR) is 70.5 cm³/mol. The largest absolute Gasteiger partial charge is 0.396 e. The van der Waals surface area contributed by atoms with Gasteiger partial charge in [-0.05, 0) is 31.6 Å². The highest BCUT2D eigenvalue weighted by Crippen LogP contribution is 2.23. The number of aliphatic hydroxyl groups is 1. The summed E-state index contributed by atoms with van der Waals surface area (Å²) in [5, 5.41) is 13.1. The molecule has 0 aromatic carbocycles. The highest BCUT2D eigenvalue weighted by molar-refractivity contribution is 7.99. The molecular weight excluding hydrogens is 206 g/mol. The second-order valence-corrected chi connectivity index (χ2v) is 5.52. The molecule has 2 nitrogen and oxygen atoms in total. The first-order chi connectivity index (χ1) is 7.19. The van der Waals surface area contributed by atoms with Crippen molar-refractivity contribution in [3.8, 4) is 0 Å². The van der Waals surface area contributed by atoms with Gasteiger partial charge < -0.3 is 10.4 Å². The Hall–Kier alpha value is 0.270. The number of nitrogens with one attached hydrogen (secondary N) is 1. The summed E-state index contributed by atoms with van der Waals surface area (Å²) >= 11 is 2.00. The molecule has 2 N–H and O–H groups in total. The third-order valence-electron chi connectivity index (χ3n) is 2.73. The van der Waals surface area contributed by atoms with E-state index in [4.69, 9.17) is 5.11 Å². The molecule has 0 bridgehead atoms. The van der Waals surface area contributed by atoms with Gasteiger partial charge in [-0.2, -0.15) is 11.8 Å². The Morgan fingerprint density at radius 2 is 2.00 bits per heavy atom. The predicted octanol–water partition coefficient (Wildman–Crippen LogP) is 2.51. The summed E-state index contributed by atoms with van der Waals surface area (Å²) in [4.78, 5) is 0. The molecule has 0 rings (SSSR count). The zero-order chi connectivity index (χ0) is 11.7. The van der Waals surface area contributed by atoms with Crippen LogP contribution in [-0.4, -0.2) is 35.8 Å². The van der Waals surface area contributed by atoms with Gasteiger partial charge in [-0.3, -0.25) is 0 Å². The zero-order valence-corrected chi connectivity index (χ0v) is 11.4. The molecule has 0 aliphatic carbocycles. The van der Waals surface area contributed by atoms with Crippen LogP contribution < -0.4 is 5.32 Å². The van der Waals surface area contributed by atoms with E-state index in [-0.39, 0.29) is 0 Å². The first-order valence-electron chi connectivity index (χ1n) is 6.09. The van der Waals surface area contributed by atoms with Gasteiger partial charge in [0.05, 0.1) is 0 Å². The number of aliphatic hydroxyl groups excluding tert-OH is 1. The van der Waals surface area contributed by atoms with E-state index in [1.807, 2.05) is 11.8 Å². The average molecular weight is 233 g/mol. The Balaban J connectivity index is 3.97. The van der Waals surface area contributed by atoms with Crippen molar-refractivity contribution >= 4 is 11.8 Å². The molecule has 0 aliphatic rings. The maximum Gasteiger partial charge on any atom is 0.0464 e. The highest BCUT2D eigenvalue weighted by atomic mass is 32.2. The van der Waals surface area contributed by atoms with Crippen molar-refractivity contribution in [2.75, 3.05) is 19.4 Å². The van der Waals surface area contributed by atoms with E-state index >= 15 is 0 Å². The first kappa shape index (κ1) is 15.3. The van der Waals surface area contributed by atoms with Gasteiger partial charge in [-0.1, -0.05) is 27.2 Å². The molecule has 0 saturated carbocycles.